The molecule has 0 bridgehead atoms. The Morgan fingerprint density at radius 1 is 0.917 bits per heavy atom. The fraction of sp³-hybridized carbons (Fsp3) is 0.400. The van der Waals surface area contributed by atoms with Crippen LogP contribution in [0.1, 0.15) is 52.8 Å². The van der Waals surface area contributed by atoms with Gasteiger partial charge in [0.05, 0.1) is 4.90 Å². The quantitative estimate of drug-likeness (QED) is 0.857. The lowest BCUT2D eigenvalue weighted by atomic mass is 10.0. The fourth-order valence-corrected chi connectivity index (χ4v) is 4.94. The number of benzene rings is 2. The van der Waals surface area contributed by atoms with E-state index in [1.807, 2.05) is 71.9 Å². The lowest BCUT2D eigenvalue weighted by molar-refractivity contribution is 0.548. The predicted molar refractivity (Wildman–Crippen MR) is 99.9 cm³/mol. The highest BCUT2D eigenvalue weighted by atomic mass is 32.2. The standard InChI is InChI=1S/C20H27NO2S/c1-7-19(18-10-8-13(2)9-11-18)21-24(22,23)20-16(5)14(3)12-15(4)17(20)6/h8-12,19,21H,7H2,1-6H3. The predicted octanol–water partition coefficient (Wildman–Crippen LogP) is 4.66. The smallest absolute Gasteiger partial charge is 0.207 e. The van der Waals surface area contributed by atoms with Crippen LogP contribution >= 0.6 is 0 Å². The molecule has 2 aromatic carbocycles. The second-order valence-electron chi connectivity index (χ2n) is 6.58. The molecular weight excluding hydrogens is 318 g/mol. The molecule has 0 heterocycles. The van der Waals surface area contributed by atoms with Crippen molar-refractivity contribution in [3.63, 3.8) is 0 Å². The first-order chi connectivity index (χ1) is 11.2. The molecule has 2 aromatic rings. The van der Waals surface area contributed by atoms with Gasteiger partial charge >= 0.3 is 0 Å². The minimum atomic E-state index is -3.59. The summed E-state index contributed by atoms with van der Waals surface area (Å²) in [7, 11) is -3.59. The average Bonchev–Trinajstić information content (AvgIpc) is 2.51. The first-order valence-electron chi connectivity index (χ1n) is 8.33. The number of sulfonamides is 1. The second kappa shape index (κ2) is 7.08. The van der Waals surface area contributed by atoms with Crippen molar-refractivity contribution in [3.05, 3.63) is 63.7 Å². The first kappa shape index (κ1) is 18.7. The van der Waals surface area contributed by atoms with Crippen LogP contribution in [-0.4, -0.2) is 8.42 Å². The van der Waals surface area contributed by atoms with Gasteiger partial charge in [-0.1, -0.05) is 42.8 Å². The molecule has 1 unspecified atom stereocenters. The van der Waals surface area contributed by atoms with Gasteiger partial charge in [0.2, 0.25) is 10.0 Å². The zero-order valence-electron chi connectivity index (χ0n) is 15.4. The van der Waals surface area contributed by atoms with Crippen molar-refractivity contribution in [2.45, 2.75) is 58.9 Å². The summed E-state index contributed by atoms with van der Waals surface area (Å²) in [4.78, 5) is 0.422. The number of nitrogens with one attached hydrogen (secondary N) is 1. The maximum atomic E-state index is 13.1. The summed E-state index contributed by atoms with van der Waals surface area (Å²) in [6, 6.07) is 9.83. The Morgan fingerprint density at radius 2 is 1.42 bits per heavy atom. The molecule has 24 heavy (non-hydrogen) atoms. The number of hydrogen-bond acceptors (Lipinski definition) is 2. The molecule has 3 nitrogen and oxygen atoms in total. The third-order valence-corrected chi connectivity index (χ3v) is 6.50. The maximum absolute atomic E-state index is 13.1. The van der Waals surface area contributed by atoms with Crippen LogP contribution in [0.3, 0.4) is 0 Å². The molecule has 0 fully saturated rings. The molecule has 0 aliphatic carbocycles. The van der Waals surface area contributed by atoms with E-state index in [-0.39, 0.29) is 6.04 Å². The number of rotatable bonds is 5. The Hall–Kier alpha value is -1.65. The van der Waals surface area contributed by atoms with E-state index < -0.39 is 10.0 Å². The molecule has 4 heteroatoms. The van der Waals surface area contributed by atoms with Crippen LogP contribution in [0.25, 0.3) is 0 Å². The third kappa shape index (κ3) is 3.70. The normalized spacial score (nSPS) is 13.1. The van der Waals surface area contributed by atoms with Gasteiger partial charge in [-0.25, -0.2) is 13.1 Å². The van der Waals surface area contributed by atoms with E-state index in [1.54, 1.807) is 0 Å². The van der Waals surface area contributed by atoms with Gasteiger partial charge < -0.3 is 0 Å². The van der Waals surface area contributed by atoms with Crippen LogP contribution in [-0.2, 0) is 10.0 Å². The summed E-state index contributed by atoms with van der Waals surface area (Å²) in [6.07, 6.45) is 0.700. The van der Waals surface area contributed by atoms with Gasteiger partial charge in [0.25, 0.3) is 0 Å². The largest absolute Gasteiger partial charge is 0.241 e. The molecule has 1 atom stereocenters. The molecule has 0 aromatic heterocycles. The molecule has 0 amide bonds. The van der Waals surface area contributed by atoms with Crippen molar-refractivity contribution in [3.8, 4) is 0 Å². The van der Waals surface area contributed by atoms with Gasteiger partial charge in [0.1, 0.15) is 0 Å². The number of aryl methyl sites for hydroxylation is 3. The Labute approximate surface area is 146 Å². The first-order valence-corrected chi connectivity index (χ1v) is 9.82. The molecule has 0 spiro atoms. The molecular formula is C20H27NO2S. The van der Waals surface area contributed by atoms with Crippen LogP contribution < -0.4 is 4.72 Å². The maximum Gasteiger partial charge on any atom is 0.241 e. The Balaban J connectivity index is 2.46. The van der Waals surface area contributed by atoms with Gasteiger partial charge in [-0.15, -0.1) is 0 Å². The number of hydrogen-bond donors (Lipinski definition) is 1. The van der Waals surface area contributed by atoms with E-state index in [0.717, 1.165) is 33.4 Å². The minimum Gasteiger partial charge on any atom is -0.207 e. The van der Waals surface area contributed by atoms with Crippen molar-refractivity contribution in [2.24, 2.45) is 0 Å². The third-order valence-electron chi connectivity index (χ3n) is 4.75. The summed E-state index contributed by atoms with van der Waals surface area (Å²) < 4.78 is 29.1. The van der Waals surface area contributed by atoms with Crippen LogP contribution in [0.4, 0.5) is 0 Å². The molecule has 0 aliphatic rings. The van der Waals surface area contributed by atoms with E-state index >= 15 is 0 Å². The molecule has 0 radical (unpaired) electrons. The fourth-order valence-electron chi connectivity index (χ4n) is 3.02. The van der Waals surface area contributed by atoms with Gasteiger partial charge in [-0.2, -0.15) is 0 Å². The van der Waals surface area contributed by atoms with E-state index in [4.69, 9.17) is 0 Å². The van der Waals surface area contributed by atoms with Crippen molar-refractivity contribution in [1.29, 1.82) is 0 Å². The van der Waals surface area contributed by atoms with Gasteiger partial charge in [0, 0.05) is 6.04 Å². The molecule has 0 saturated heterocycles. The van der Waals surface area contributed by atoms with Crippen LogP contribution in [0, 0.1) is 34.6 Å². The summed E-state index contributed by atoms with van der Waals surface area (Å²) in [5.74, 6) is 0. The van der Waals surface area contributed by atoms with Crippen LogP contribution in [0.2, 0.25) is 0 Å². The van der Waals surface area contributed by atoms with Crippen molar-refractivity contribution in [1.82, 2.24) is 4.72 Å². The molecule has 1 N–H and O–H groups in total. The minimum absolute atomic E-state index is 0.227. The Bertz CT molecular complexity index is 811. The molecule has 2 rings (SSSR count). The van der Waals surface area contributed by atoms with Crippen molar-refractivity contribution in [2.75, 3.05) is 0 Å². The lowest BCUT2D eigenvalue weighted by Gasteiger charge is -2.21. The lowest BCUT2D eigenvalue weighted by Crippen LogP contribution is -2.29. The average molecular weight is 346 g/mol. The zero-order chi connectivity index (χ0) is 18.1. The summed E-state index contributed by atoms with van der Waals surface area (Å²) >= 11 is 0. The SMILES string of the molecule is CCC(NS(=O)(=O)c1c(C)c(C)cc(C)c1C)c1ccc(C)cc1. The van der Waals surface area contributed by atoms with E-state index in [1.165, 1.54) is 0 Å². The topological polar surface area (TPSA) is 46.2 Å². The molecule has 130 valence electrons. The highest BCUT2D eigenvalue weighted by Gasteiger charge is 2.25. The Morgan fingerprint density at radius 3 is 1.88 bits per heavy atom. The summed E-state index contributed by atoms with van der Waals surface area (Å²) in [5.41, 5.74) is 5.81. The van der Waals surface area contributed by atoms with E-state index in [0.29, 0.717) is 11.3 Å². The van der Waals surface area contributed by atoms with Gasteiger partial charge in [-0.3, -0.25) is 0 Å². The Kier molecular flexibility index (Phi) is 5.51. The van der Waals surface area contributed by atoms with Crippen molar-refractivity contribution < 1.29 is 8.42 Å². The highest BCUT2D eigenvalue weighted by Crippen LogP contribution is 2.28. The van der Waals surface area contributed by atoms with E-state index in [2.05, 4.69) is 4.72 Å². The summed E-state index contributed by atoms with van der Waals surface area (Å²) in [5, 5.41) is 0. The van der Waals surface area contributed by atoms with Gasteiger partial charge in [0.15, 0.2) is 0 Å². The monoisotopic (exact) mass is 345 g/mol. The zero-order valence-corrected chi connectivity index (χ0v) is 16.2. The molecule has 0 saturated carbocycles. The van der Waals surface area contributed by atoms with Crippen LogP contribution in [0.5, 0.6) is 0 Å². The molecule has 0 aliphatic heterocycles. The van der Waals surface area contributed by atoms with Crippen molar-refractivity contribution >= 4 is 10.0 Å². The second-order valence-corrected chi connectivity index (χ2v) is 8.23. The highest BCUT2D eigenvalue weighted by molar-refractivity contribution is 7.89. The van der Waals surface area contributed by atoms with Gasteiger partial charge in [-0.05, 0) is 68.9 Å². The summed E-state index contributed by atoms with van der Waals surface area (Å²) in [6.45, 7) is 11.7. The van der Waals surface area contributed by atoms with Crippen LogP contribution in [0.15, 0.2) is 35.2 Å². The van der Waals surface area contributed by atoms with E-state index in [9.17, 15) is 8.42 Å².